The van der Waals surface area contributed by atoms with Crippen molar-refractivity contribution in [2.45, 2.75) is 18.7 Å². The predicted octanol–water partition coefficient (Wildman–Crippen LogP) is 3.59. The Bertz CT molecular complexity index is 1220. The fraction of sp³-hybridized carbons (Fsp3) is 0.118. The van der Waals surface area contributed by atoms with Gasteiger partial charge < -0.3 is 0 Å². The molecule has 0 radical (unpaired) electrons. The Balaban J connectivity index is 1.96. The third-order valence-corrected chi connectivity index (χ3v) is 5.82. The minimum absolute atomic E-state index is 0.185. The quantitative estimate of drug-likeness (QED) is 0.641. The molecule has 7 nitrogen and oxygen atoms in total. The fourth-order valence-corrected chi connectivity index (χ4v) is 4.32. The lowest BCUT2D eigenvalue weighted by molar-refractivity contribution is 0.0976. The molecule has 0 spiro atoms. The van der Waals surface area contributed by atoms with E-state index < -0.39 is 32.5 Å². The van der Waals surface area contributed by atoms with Gasteiger partial charge in [0.25, 0.3) is 15.9 Å². The molecule has 0 aliphatic rings. The van der Waals surface area contributed by atoms with Crippen molar-refractivity contribution in [1.82, 2.24) is 19.7 Å². The van der Waals surface area contributed by atoms with Crippen LogP contribution in [-0.2, 0) is 10.0 Å². The average molecular weight is 461 g/mol. The summed E-state index contributed by atoms with van der Waals surface area (Å²) >= 11 is 12.1. The molecule has 29 heavy (non-hydrogen) atoms. The Hall–Kier alpha value is -2.56. The van der Waals surface area contributed by atoms with Crippen LogP contribution in [0.3, 0.4) is 0 Å². The van der Waals surface area contributed by atoms with E-state index in [9.17, 15) is 22.0 Å². The third kappa shape index (κ3) is 4.09. The van der Waals surface area contributed by atoms with Crippen molar-refractivity contribution in [3.63, 3.8) is 0 Å². The number of aryl methyl sites for hydroxylation is 1. The van der Waals surface area contributed by atoms with E-state index in [-0.39, 0.29) is 16.4 Å². The van der Waals surface area contributed by atoms with E-state index in [0.29, 0.717) is 28.4 Å². The highest BCUT2D eigenvalue weighted by atomic mass is 35.5. The Labute approximate surface area is 174 Å². The minimum Gasteiger partial charge on any atom is -0.266 e. The number of halogens is 4. The second-order valence-corrected chi connectivity index (χ2v) is 8.49. The Morgan fingerprint density at radius 2 is 1.83 bits per heavy atom. The van der Waals surface area contributed by atoms with Crippen LogP contribution in [0.4, 0.5) is 8.78 Å². The van der Waals surface area contributed by atoms with E-state index in [0.717, 1.165) is 6.07 Å². The van der Waals surface area contributed by atoms with E-state index in [1.807, 2.05) is 0 Å². The van der Waals surface area contributed by atoms with Gasteiger partial charge in [-0.1, -0.05) is 28.4 Å². The molecule has 0 fully saturated rings. The van der Waals surface area contributed by atoms with Crippen LogP contribution in [0.15, 0.2) is 35.2 Å². The zero-order valence-corrected chi connectivity index (χ0v) is 17.2. The molecule has 12 heteroatoms. The number of benzene rings is 2. The first-order chi connectivity index (χ1) is 13.5. The highest BCUT2D eigenvalue weighted by Gasteiger charge is 2.26. The van der Waals surface area contributed by atoms with E-state index >= 15 is 0 Å². The highest BCUT2D eigenvalue weighted by molar-refractivity contribution is 7.90. The first-order valence-corrected chi connectivity index (χ1v) is 10.2. The van der Waals surface area contributed by atoms with E-state index in [2.05, 4.69) is 10.3 Å². The van der Waals surface area contributed by atoms with E-state index in [1.54, 1.807) is 17.7 Å². The molecule has 1 heterocycles. The maximum Gasteiger partial charge on any atom is 0.287 e. The topological polar surface area (TPSA) is 93.9 Å². The molecule has 1 aromatic heterocycles. The van der Waals surface area contributed by atoms with Gasteiger partial charge in [0.15, 0.2) is 5.69 Å². The minimum atomic E-state index is -4.61. The highest BCUT2D eigenvalue weighted by Crippen LogP contribution is 2.29. The maximum atomic E-state index is 13.8. The van der Waals surface area contributed by atoms with Gasteiger partial charge in [-0.15, -0.1) is 5.10 Å². The fourth-order valence-electron chi connectivity index (χ4n) is 2.63. The van der Waals surface area contributed by atoms with Crippen LogP contribution in [0.5, 0.6) is 0 Å². The largest absolute Gasteiger partial charge is 0.287 e. The summed E-state index contributed by atoms with van der Waals surface area (Å²) in [5.74, 6) is -3.43. The molecular weight excluding hydrogens is 449 g/mol. The van der Waals surface area contributed by atoms with Crippen molar-refractivity contribution in [3.8, 4) is 5.69 Å². The maximum absolute atomic E-state index is 13.8. The SMILES string of the molecule is Cc1cc(Cl)cc(Cl)c1-n1nnc(C(=O)NS(=O)(=O)c2ccc(F)cc2F)c1C. The van der Waals surface area contributed by atoms with Gasteiger partial charge in [-0.3, -0.25) is 4.79 Å². The lowest BCUT2D eigenvalue weighted by Gasteiger charge is -2.10. The molecule has 0 unspecified atom stereocenters. The molecule has 1 N–H and O–H groups in total. The first-order valence-electron chi connectivity index (χ1n) is 7.92. The van der Waals surface area contributed by atoms with Crippen LogP contribution in [0.1, 0.15) is 21.7 Å². The standard InChI is InChI=1S/C17H12Cl2F2N4O3S/c1-8-5-10(18)6-12(19)16(8)25-9(2)15(22-24-25)17(26)23-29(27,28)14-4-3-11(20)7-13(14)21/h3-7H,1-2H3,(H,23,26). The van der Waals surface area contributed by atoms with Crippen LogP contribution in [0, 0.1) is 25.5 Å². The number of nitrogens with one attached hydrogen (secondary N) is 1. The zero-order valence-electron chi connectivity index (χ0n) is 14.9. The normalized spacial score (nSPS) is 11.5. The summed E-state index contributed by atoms with van der Waals surface area (Å²) in [6, 6.07) is 4.97. The van der Waals surface area contributed by atoms with Crippen LogP contribution in [0.25, 0.3) is 5.69 Å². The second kappa shape index (κ2) is 7.69. The van der Waals surface area contributed by atoms with Crippen LogP contribution in [-0.4, -0.2) is 29.3 Å². The van der Waals surface area contributed by atoms with Gasteiger partial charge in [-0.2, -0.15) is 0 Å². The number of sulfonamides is 1. The van der Waals surface area contributed by atoms with Crippen molar-refractivity contribution in [2.75, 3.05) is 0 Å². The number of hydrogen-bond donors (Lipinski definition) is 1. The first kappa shape index (κ1) is 21.2. The lowest BCUT2D eigenvalue weighted by Crippen LogP contribution is -2.32. The van der Waals surface area contributed by atoms with E-state index in [1.165, 1.54) is 17.7 Å². The Kier molecular flexibility index (Phi) is 5.61. The lowest BCUT2D eigenvalue weighted by atomic mass is 10.2. The molecule has 0 atom stereocenters. The molecule has 3 aromatic rings. The monoisotopic (exact) mass is 460 g/mol. The molecule has 152 valence electrons. The third-order valence-electron chi connectivity index (χ3n) is 3.95. The predicted molar refractivity (Wildman–Crippen MR) is 102 cm³/mol. The molecule has 2 aromatic carbocycles. The summed E-state index contributed by atoms with van der Waals surface area (Å²) in [6.45, 7) is 3.19. The molecule has 0 bridgehead atoms. The van der Waals surface area contributed by atoms with Crippen LogP contribution < -0.4 is 4.72 Å². The van der Waals surface area contributed by atoms with Crippen LogP contribution >= 0.6 is 23.2 Å². The number of hydrogen-bond acceptors (Lipinski definition) is 5. The van der Waals surface area contributed by atoms with Gasteiger partial charge in [-0.05, 0) is 43.7 Å². The number of rotatable bonds is 4. The van der Waals surface area contributed by atoms with Crippen molar-refractivity contribution < 1.29 is 22.0 Å². The number of carbonyl (C=O) groups is 1. The van der Waals surface area contributed by atoms with Gasteiger partial charge in [0.2, 0.25) is 0 Å². The Morgan fingerprint density at radius 3 is 2.45 bits per heavy atom. The molecule has 0 saturated carbocycles. The summed E-state index contributed by atoms with van der Waals surface area (Å²) in [7, 11) is -4.61. The van der Waals surface area contributed by atoms with Gasteiger partial charge in [0.1, 0.15) is 16.5 Å². The van der Waals surface area contributed by atoms with Gasteiger partial charge in [0, 0.05) is 11.1 Å². The summed E-state index contributed by atoms with van der Waals surface area (Å²) in [5.41, 5.74) is 0.919. The van der Waals surface area contributed by atoms with Crippen molar-refractivity contribution >= 4 is 39.1 Å². The molecule has 1 amide bonds. The van der Waals surface area contributed by atoms with Crippen molar-refractivity contribution in [1.29, 1.82) is 0 Å². The van der Waals surface area contributed by atoms with Gasteiger partial charge in [-0.25, -0.2) is 26.6 Å². The number of carbonyl (C=O) groups excluding carboxylic acids is 1. The number of amides is 1. The molecular formula is C17H12Cl2F2N4O3S. The summed E-state index contributed by atoms with van der Waals surface area (Å²) in [4.78, 5) is 11.6. The number of nitrogens with zero attached hydrogens (tertiary/aromatic N) is 3. The molecule has 0 saturated heterocycles. The molecule has 3 rings (SSSR count). The zero-order chi connectivity index (χ0) is 21.5. The van der Waals surface area contributed by atoms with Gasteiger partial charge >= 0.3 is 0 Å². The van der Waals surface area contributed by atoms with Crippen molar-refractivity contribution in [3.05, 3.63) is 69.0 Å². The average Bonchev–Trinajstić information content (AvgIpc) is 2.94. The molecule has 0 aliphatic heterocycles. The van der Waals surface area contributed by atoms with Crippen LogP contribution in [0.2, 0.25) is 10.0 Å². The number of aromatic nitrogens is 3. The smallest absolute Gasteiger partial charge is 0.266 e. The second-order valence-electron chi connectivity index (χ2n) is 6.00. The summed E-state index contributed by atoms with van der Waals surface area (Å²) in [5, 5.41) is 8.20. The molecule has 0 aliphatic carbocycles. The summed E-state index contributed by atoms with van der Waals surface area (Å²) < 4.78 is 54.4. The van der Waals surface area contributed by atoms with Gasteiger partial charge in [0.05, 0.1) is 16.4 Å². The van der Waals surface area contributed by atoms with Crippen molar-refractivity contribution in [2.24, 2.45) is 0 Å². The summed E-state index contributed by atoms with van der Waals surface area (Å²) in [6.07, 6.45) is 0. The Morgan fingerprint density at radius 1 is 1.14 bits per heavy atom. The van der Waals surface area contributed by atoms with E-state index in [4.69, 9.17) is 23.2 Å².